The van der Waals surface area contributed by atoms with Crippen LogP contribution in [-0.2, 0) is 10.2 Å². The zero-order valence-corrected chi connectivity index (χ0v) is 26.3. The van der Waals surface area contributed by atoms with E-state index in [0.29, 0.717) is 38.5 Å². The maximum Gasteiger partial charge on any atom is 0.238 e. The predicted molar refractivity (Wildman–Crippen MR) is 173 cm³/mol. The Morgan fingerprint density at radius 1 is 0.844 bits per heavy atom. The van der Waals surface area contributed by atoms with Crippen molar-refractivity contribution in [2.24, 2.45) is 5.92 Å². The molecule has 45 heavy (non-hydrogen) atoms. The van der Waals surface area contributed by atoms with Crippen LogP contribution < -0.4 is 19.5 Å². The average molecular weight is 666 g/mol. The summed E-state index contributed by atoms with van der Waals surface area (Å²) in [6, 6.07) is 23.6. The number of nitrogens with zero attached hydrogens (tertiary/aromatic N) is 1. The van der Waals surface area contributed by atoms with E-state index in [2.05, 4.69) is 21.2 Å². The molecule has 0 radical (unpaired) electrons. The van der Waals surface area contributed by atoms with Crippen LogP contribution in [0.4, 0.5) is 5.69 Å². The van der Waals surface area contributed by atoms with Crippen molar-refractivity contribution in [3.8, 4) is 17.2 Å². The van der Waals surface area contributed by atoms with Gasteiger partial charge in [0.1, 0.15) is 28.7 Å². The summed E-state index contributed by atoms with van der Waals surface area (Å²) in [6.45, 7) is 0. The average Bonchev–Trinajstić information content (AvgIpc) is 3.55. The van der Waals surface area contributed by atoms with Crippen molar-refractivity contribution in [2.45, 2.75) is 17.5 Å². The number of carbonyl (C=O) groups excluding carboxylic acids is 3. The molecule has 1 amide bonds. The van der Waals surface area contributed by atoms with Crippen molar-refractivity contribution in [3.63, 3.8) is 0 Å². The first-order chi connectivity index (χ1) is 21.8. The standard InChI is InChI=1S/C36H29BrN2O6/c1-43-22-13-15-28(44-2)24(19-22)33(41)30-31(32(40)21-12-14-29(45-3)26(37)18-21)39-17-16-20-8-4-5-9-23(20)34(39)36(30)25-10-6-7-11-27(25)38-35(36)42/h4-19,30-31,34H,1-3H3,(H,38,42)/t30-,31+,34+,36-/m0/s1. The number of nitrogens with one attached hydrogen (secondary N) is 1. The molecule has 3 aliphatic heterocycles. The first-order valence-corrected chi connectivity index (χ1v) is 15.2. The number of fused-ring (bicyclic) bond motifs is 6. The van der Waals surface area contributed by atoms with Crippen LogP contribution >= 0.6 is 15.9 Å². The molecule has 1 N–H and O–H groups in total. The van der Waals surface area contributed by atoms with Gasteiger partial charge >= 0.3 is 0 Å². The van der Waals surface area contributed by atoms with Gasteiger partial charge in [-0.15, -0.1) is 0 Å². The molecule has 4 aromatic rings. The number of rotatable bonds is 7. The molecule has 0 bridgehead atoms. The third-order valence-electron chi connectivity index (χ3n) is 9.23. The number of benzene rings is 4. The van der Waals surface area contributed by atoms with Gasteiger partial charge in [-0.2, -0.15) is 0 Å². The molecule has 3 aliphatic rings. The Morgan fingerprint density at radius 2 is 1.58 bits per heavy atom. The third-order valence-corrected chi connectivity index (χ3v) is 9.85. The molecule has 0 saturated carbocycles. The van der Waals surface area contributed by atoms with Crippen LogP contribution in [0.1, 0.15) is 43.4 Å². The van der Waals surface area contributed by atoms with Gasteiger partial charge in [-0.3, -0.25) is 14.4 Å². The minimum atomic E-state index is -1.47. The second kappa shape index (κ2) is 10.9. The number of hydrogen-bond donors (Lipinski definition) is 1. The largest absolute Gasteiger partial charge is 0.497 e. The number of ketones is 2. The van der Waals surface area contributed by atoms with Crippen molar-refractivity contribution < 1.29 is 28.6 Å². The Morgan fingerprint density at radius 3 is 2.33 bits per heavy atom. The zero-order valence-electron chi connectivity index (χ0n) is 24.7. The van der Waals surface area contributed by atoms with E-state index in [-0.39, 0.29) is 17.3 Å². The summed E-state index contributed by atoms with van der Waals surface area (Å²) < 4.78 is 17.2. The molecule has 1 saturated heterocycles. The van der Waals surface area contributed by atoms with Crippen LogP contribution in [0, 0.1) is 5.92 Å². The molecule has 226 valence electrons. The number of methoxy groups -OCH3 is 3. The molecule has 0 unspecified atom stereocenters. The van der Waals surface area contributed by atoms with Crippen molar-refractivity contribution in [2.75, 3.05) is 26.6 Å². The lowest BCUT2D eigenvalue weighted by atomic mass is 9.62. The highest BCUT2D eigenvalue weighted by atomic mass is 79.9. The van der Waals surface area contributed by atoms with Gasteiger partial charge in [-0.05, 0) is 81.2 Å². The minimum absolute atomic E-state index is 0.226. The SMILES string of the molecule is COc1ccc(OC)c(C(=O)[C@@H]2[C@H](C(=O)c3ccc(OC)c(Br)c3)N3C=Cc4ccccc4[C@@H]3[C@@]23C(=O)Nc2ccccc23)c1. The number of para-hydroxylation sites is 1. The third kappa shape index (κ3) is 4.14. The van der Waals surface area contributed by atoms with Gasteiger partial charge in [0.25, 0.3) is 0 Å². The van der Waals surface area contributed by atoms with Crippen LogP contribution in [-0.4, -0.2) is 49.7 Å². The molecular formula is C36H29BrN2O6. The number of ether oxygens (including phenoxy) is 3. The molecule has 0 aromatic heterocycles. The molecule has 9 heteroatoms. The van der Waals surface area contributed by atoms with E-state index < -0.39 is 29.2 Å². The maximum absolute atomic E-state index is 15.2. The van der Waals surface area contributed by atoms with Crippen LogP contribution in [0.3, 0.4) is 0 Å². The number of halogens is 1. The van der Waals surface area contributed by atoms with Gasteiger partial charge < -0.3 is 24.4 Å². The fraction of sp³-hybridized carbons (Fsp3) is 0.194. The van der Waals surface area contributed by atoms with Crippen molar-refractivity contribution >= 4 is 45.2 Å². The lowest BCUT2D eigenvalue weighted by Gasteiger charge is -2.38. The van der Waals surface area contributed by atoms with Crippen molar-refractivity contribution in [1.29, 1.82) is 0 Å². The molecule has 4 aromatic carbocycles. The van der Waals surface area contributed by atoms with Gasteiger partial charge in [0.15, 0.2) is 11.6 Å². The molecular weight excluding hydrogens is 636 g/mol. The zero-order chi connectivity index (χ0) is 31.5. The van der Waals surface area contributed by atoms with Crippen molar-refractivity contribution in [1.82, 2.24) is 4.90 Å². The van der Waals surface area contributed by atoms with Crippen LogP contribution in [0.5, 0.6) is 17.2 Å². The maximum atomic E-state index is 15.2. The molecule has 4 atom stereocenters. The second-order valence-electron chi connectivity index (χ2n) is 11.2. The summed E-state index contributed by atoms with van der Waals surface area (Å²) >= 11 is 3.51. The first kappa shape index (κ1) is 28.9. The summed E-state index contributed by atoms with van der Waals surface area (Å²) in [6.07, 6.45) is 3.78. The van der Waals surface area contributed by atoms with Crippen LogP contribution in [0.15, 0.2) is 95.6 Å². The Bertz CT molecular complexity index is 1920. The molecule has 1 fully saturated rings. The summed E-state index contributed by atoms with van der Waals surface area (Å²) in [5.74, 6) is -0.858. The van der Waals surface area contributed by atoms with Crippen molar-refractivity contribution in [3.05, 3.63) is 123 Å². The smallest absolute Gasteiger partial charge is 0.238 e. The summed E-state index contributed by atoms with van der Waals surface area (Å²) in [4.78, 5) is 46.7. The van der Waals surface area contributed by atoms with E-state index in [1.165, 1.54) is 14.2 Å². The Kier molecular flexibility index (Phi) is 7.00. The molecule has 8 nitrogen and oxygen atoms in total. The summed E-state index contributed by atoms with van der Waals surface area (Å²) in [5.41, 5.74) is 2.19. The van der Waals surface area contributed by atoms with Gasteiger partial charge in [-0.1, -0.05) is 42.5 Å². The highest BCUT2D eigenvalue weighted by Gasteiger charge is 2.71. The van der Waals surface area contributed by atoms with Gasteiger partial charge in [0.2, 0.25) is 5.91 Å². The van der Waals surface area contributed by atoms with Gasteiger partial charge in [-0.25, -0.2) is 0 Å². The summed E-state index contributed by atoms with van der Waals surface area (Å²) in [5, 5.41) is 3.07. The number of anilines is 1. The number of carbonyl (C=O) groups is 3. The lowest BCUT2D eigenvalue weighted by Crippen LogP contribution is -2.49. The highest BCUT2D eigenvalue weighted by Crippen LogP contribution is 2.62. The van der Waals surface area contributed by atoms with Gasteiger partial charge in [0, 0.05) is 17.5 Å². The van der Waals surface area contributed by atoms with E-state index in [1.807, 2.05) is 65.7 Å². The highest BCUT2D eigenvalue weighted by molar-refractivity contribution is 9.10. The van der Waals surface area contributed by atoms with E-state index >= 15 is 4.79 Å². The Balaban J connectivity index is 1.54. The number of Topliss-reactive ketones (excluding diaryl/α,β-unsaturated/α-hetero) is 2. The lowest BCUT2D eigenvalue weighted by molar-refractivity contribution is -0.122. The van der Waals surface area contributed by atoms with E-state index in [4.69, 9.17) is 14.2 Å². The summed E-state index contributed by atoms with van der Waals surface area (Å²) in [7, 11) is 4.55. The normalized spacial score (nSPS) is 22.4. The van der Waals surface area contributed by atoms with E-state index in [1.54, 1.807) is 43.5 Å². The van der Waals surface area contributed by atoms with Gasteiger partial charge in [0.05, 0.1) is 43.3 Å². The number of hydrogen-bond acceptors (Lipinski definition) is 7. The molecule has 0 aliphatic carbocycles. The quantitative estimate of drug-likeness (QED) is 0.227. The minimum Gasteiger partial charge on any atom is -0.497 e. The van der Waals surface area contributed by atoms with E-state index in [0.717, 1.165) is 11.1 Å². The molecule has 7 rings (SSSR count). The number of amides is 1. The predicted octanol–water partition coefficient (Wildman–Crippen LogP) is 6.46. The topological polar surface area (TPSA) is 94.2 Å². The Labute approximate surface area is 268 Å². The van der Waals surface area contributed by atoms with Crippen LogP contribution in [0.2, 0.25) is 0 Å². The monoisotopic (exact) mass is 664 g/mol. The molecule has 3 heterocycles. The second-order valence-corrected chi connectivity index (χ2v) is 12.1. The van der Waals surface area contributed by atoms with Crippen LogP contribution in [0.25, 0.3) is 6.08 Å². The first-order valence-electron chi connectivity index (χ1n) is 14.4. The fourth-order valence-corrected chi connectivity index (χ4v) is 7.87. The fourth-order valence-electron chi connectivity index (χ4n) is 7.33. The Hall–Kier alpha value is -4.89. The van der Waals surface area contributed by atoms with E-state index in [9.17, 15) is 9.59 Å². The molecule has 1 spiro atoms.